The van der Waals surface area contributed by atoms with Gasteiger partial charge in [-0.3, -0.25) is 0 Å². The first-order valence-corrected chi connectivity index (χ1v) is 5.27. The highest BCUT2D eigenvalue weighted by molar-refractivity contribution is 6.29. The van der Waals surface area contributed by atoms with Gasteiger partial charge in [0.2, 0.25) is 0 Å². The molecule has 0 atom stereocenters. The van der Waals surface area contributed by atoms with E-state index in [-0.39, 0.29) is 11.6 Å². The average Bonchev–Trinajstić information content (AvgIpc) is 2.61. The maximum absolute atomic E-state index is 11.8. The molecule has 0 N–H and O–H groups in total. The zero-order valence-corrected chi connectivity index (χ0v) is 9.94. The van der Waals surface area contributed by atoms with Crippen molar-refractivity contribution in [2.75, 3.05) is 6.61 Å². The molecular weight excluding hydrogens is 242 g/mol. The number of esters is 1. The van der Waals surface area contributed by atoms with E-state index < -0.39 is 5.97 Å². The molecule has 0 aliphatic carbocycles. The summed E-state index contributed by atoms with van der Waals surface area (Å²) < 4.78 is 6.50. The molecule has 0 unspecified atom stereocenters. The van der Waals surface area contributed by atoms with Gasteiger partial charge < -0.3 is 4.74 Å². The summed E-state index contributed by atoms with van der Waals surface area (Å²) in [6.07, 6.45) is 3.31. The zero-order valence-electron chi connectivity index (χ0n) is 9.18. The average molecular weight is 252 g/mol. The van der Waals surface area contributed by atoms with Gasteiger partial charge in [0.25, 0.3) is 0 Å². The van der Waals surface area contributed by atoms with Crippen LogP contribution in [0.4, 0.5) is 0 Å². The van der Waals surface area contributed by atoms with Gasteiger partial charge >= 0.3 is 5.97 Å². The number of rotatable bonds is 3. The Bertz CT molecular complexity index is 591. The van der Waals surface area contributed by atoms with Crippen molar-refractivity contribution < 1.29 is 9.53 Å². The van der Waals surface area contributed by atoms with Gasteiger partial charge in [0, 0.05) is 17.4 Å². The van der Waals surface area contributed by atoms with Crippen LogP contribution in [-0.2, 0) is 4.74 Å². The first kappa shape index (κ1) is 11.6. The van der Waals surface area contributed by atoms with Crippen molar-refractivity contribution in [1.82, 2.24) is 14.6 Å². The van der Waals surface area contributed by atoms with Gasteiger partial charge in [-0.05, 0) is 13.0 Å². The third-order valence-electron chi connectivity index (χ3n) is 2.13. The largest absolute Gasteiger partial charge is 0.456 e. The molecule has 17 heavy (non-hydrogen) atoms. The summed E-state index contributed by atoms with van der Waals surface area (Å²) >= 11 is 5.53. The van der Waals surface area contributed by atoms with Crippen LogP contribution in [0.3, 0.4) is 0 Å². The van der Waals surface area contributed by atoms with Crippen LogP contribution in [0.5, 0.6) is 0 Å². The summed E-state index contributed by atoms with van der Waals surface area (Å²) in [5.41, 5.74) is 1.38. The molecule has 0 spiro atoms. The van der Waals surface area contributed by atoms with E-state index in [0.717, 1.165) is 0 Å². The van der Waals surface area contributed by atoms with Crippen LogP contribution in [0.1, 0.15) is 16.1 Å². The van der Waals surface area contributed by atoms with E-state index in [0.29, 0.717) is 16.9 Å². The molecule has 0 bridgehead atoms. The second-order valence-electron chi connectivity index (χ2n) is 3.44. The highest BCUT2D eigenvalue weighted by Gasteiger charge is 2.19. The molecule has 0 aliphatic rings. The number of aromatic nitrogens is 3. The van der Waals surface area contributed by atoms with Crippen molar-refractivity contribution in [2.45, 2.75) is 6.92 Å². The topological polar surface area (TPSA) is 56.5 Å². The second kappa shape index (κ2) is 4.55. The Morgan fingerprint density at radius 2 is 2.41 bits per heavy atom. The predicted octanol–water partition coefficient (Wildman–Crippen LogP) is 1.95. The number of carbonyl (C=O) groups is 1. The van der Waals surface area contributed by atoms with E-state index in [2.05, 4.69) is 16.7 Å². The summed E-state index contributed by atoms with van der Waals surface area (Å²) in [5.74, 6) is -0.502. The Morgan fingerprint density at radius 3 is 3.12 bits per heavy atom. The molecule has 0 saturated carbocycles. The van der Waals surface area contributed by atoms with Gasteiger partial charge in [-0.1, -0.05) is 18.2 Å². The predicted molar refractivity (Wildman–Crippen MR) is 63.0 cm³/mol. The lowest BCUT2D eigenvalue weighted by atomic mass is 10.2. The molecule has 2 rings (SSSR count). The highest BCUT2D eigenvalue weighted by Crippen LogP contribution is 2.14. The summed E-state index contributed by atoms with van der Waals surface area (Å²) in [4.78, 5) is 15.9. The smallest absolute Gasteiger partial charge is 0.344 e. The van der Waals surface area contributed by atoms with E-state index >= 15 is 0 Å². The fraction of sp³-hybridized carbons (Fsp3) is 0.182. The molecule has 2 aromatic rings. The van der Waals surface area contributed by atoms with E-state index in [1.54, 1.807) is 25.4 Å². The fourth-order valence-electron chi connectivity index (χ4n) is 1.45. The Morgan fingerprint density at radius 1 is 1.65 bits per heavy atom. The number of fused-ring (bicyclic) bond motifs is 1. The molecule has 0 amide bonds. The van der Waals surface area contributed by atoms with Crippen molar-refractivity contribution in [1.29, 1.82) is 0 Å². The minimum atomic E-state index is -0.502. The quantitative estimate of drug-likeness (QED) is 0.783. The van der Waals surface area contributed by atoms with Gasteiger partial charge in [0.1, 0.15) is 12.2 Å². The van der Waals surface area contributed by atoms with Gasteiger partial charge in [-0.25, -0.2) is 14.3 Å². The normalized spacial score (nSPS) is 10.5. The molecule has 0 aliphatic heterocycles. The summed E-state index contributed by atoms with van der Waals surface area (Å²) in [7, 11) is 0. The first-order chi connectivity index (χ1) is 8.09. The van der Waals surface area contributed by atoms with Crippen LogP contribution < -0.4 is 0 Å². The van der Waals surface area contributed by atoms with Gasteiger partial charge in [0.05, 0.1) is 5.69 Å². The van der Waals surface area contributed by atoms with E-state index in [9.17, 15) is 4.79 Å². The maximum Gasteiger partial charge on any atom is 0.344 e. The monoisotopic (exact) mass is 251 g/mol. The van der Waals surface area contributed by atoms with Crippen molar-refractivity contribution in [3.8, 4) is 0 Å². The lowest BCUT2D eigenvalue weighted by Gasteiger charge is -2.02. The standard InChI is InChI=1S/C11H10ClN3O2/c1-7(12)6-17-11(16)9-8(2)14-15-5-3-4-13-10(9)15/h3-5H,1,6H2,2H3. The third kappa shape index (κ3) is 2.29. The maximum atomic E-state index is 11.8. The minimum absolute atomic E-state index is 0.0238. The number of nitrogens with zero attached hydrogens (tertiary/aromatic N) is 3. The van der Waals surface area contributed by atoms with E-state index in [1.807, 2.05) is 0 Å². The van der Waals surface area contributed by atoms with Gasteiger partial charge in [0.15, 0.2) is 5.65 Å². The first-order valence-electron chi connectivity index (χ1n) is 4.90. The SMILES string of the molecule is C=C(Cl)COC(=O)c1c(C)nn2cccnc12. The summed E-state index contributed by atoms with van der Waals surface area (Å²) in [6.45, 7) is 5.14. The molecule has 0 aromatic carbocycles. The Balaban J connectivity index is 2.37. The number of aryl methyl sites for hydroxylation is 1. The third-order valence-corrected chi connectivity index (χ3v) is 2.24. The van der Waals surface area contributed by atoms with Crippen LogP contribution in [0, 0.1) is 6.92 Å². The summed E-state index contributed by atoms with van der Waals surface area (Å²) in [6, 6.07) is 1.73. The number of halogens is 1. The second-order valence-corrected chi connectivity index (χ2v) is 3.98. The lowest BCUT2D eigenvalue weighted by Crippen LogP contribution is -2.07. The molecule has 2 aromatic heterocycles. The van der Waals surface area contributed by atoms with Crippen LogP contribution >= 0.6 is 11.6 Å². The Kier molecular flexibility index (Phi) is 3.10. The van der Waals surface area contributed by atoms with Gasteiger partial charge in [-0.15, -0.1) is 0 Å². The lowest BCUT2D eigenvalue weighted by molar-refractivity contribution is 0.0547. The van der Waals surface area contributed by atoms with E-state index in [1.165, 1.54) is 4.52 Å². The van der Waals surface area contributed by atoms with Gasteiger partial charge in [-0.2, -0.15) is 5.10 Å². The number of carbonyl (C=O) groups excluding carboxylic acids is 1. The fourth-order valence-corrected chi connectivity index (χ4v) is 1.51. The number of hydrogen-bond acceptors (Lipinski definition) is 4. The molecule has 0 saturated heterocycles. The molecule has 5 nitrogen and oxygen atoms in total. The summed E-state index contributed by atoms with van der Waals surface area (Å²) in [5, 5.41) is 4.42. The minimum Gasteiger partial charge on any atom is -0.456 e. The van der Waals surface area contributed by atoms with Crippen molar-refractivity contribution in [2.24, 2.45) is 0 Å². The molecule has 2 heterocycles. The Hall–Kier alpha value is -1.88. The molecular formula is C11H10ClN3O2. The molecule has 0 radical (unpaired) electrons. The van der Waals surface area contributed by atoms with Crippen molar-refractivity contribution in [3.63, 3.8) is 0 Å². The highest BCUT2D eigenvalue weighted by atomic mass is 35.5. The van der Waals surface area contributed by atoms with Crippen LogP contribution in [0.25, 0.3) is 5.65 Å². The van der Waals surface area contributed by atoms with Crippen molar-refractivity contribution >= 4 is 23.2 Å². The Labute approximate surface area is 103 Å². The van der Waals surface area contributed by atoms with Crippen LogP contribution in [-0.4, -0.2) is 27.2 Å². The van der Waals surface area contributed by atoms with Crippen molar-refractivity contribution in [3.05, 3.63) is 41.3 Å². The molecule has 88 valence electrons. The van der Waals surface area contributed by atoms with Crippen LogP contribution in [0.15, 0.2) is 30.1 Å². The number of ether oxygens (including phenoxy) is 1. The number of hydrogen-bond donors (Lipinski definition) is 0. The zero-order chi connectivity index (χ0) is 12.4. The van der Waals surface area contributed by atoms with Crippen LogP contribution in [0.2, 0.25) is 0 Å². The molecule has 0 fully saturated rings. The van der Waals surface area contributed by atoms with E-state index in [4.69, 9.17) is 16.3 Å². The molecule has 6 heteroatoms.